The number of carboxylic acid groups (broad SMARTS) is 1. The topological polar surface area (TPSA) is 103 Å². The molecule has 4 aromatic rings. The van der Waals surface area contributed by atoms with Gasteiger partial charge in [0.2, 0.25) is 0 Å². The van der Waals surface area contributed by atoms with Gasteiger partial charge in [0.25, 0.3) is 0 Å². The van der Waals surface area contributed by atoms with Crippen LogP contribution in [0.3, 0.4) is 0 Å². The van der Waals surface area contributed by atoms with Crippen LogP contribution in [0.25, 0.3) is 0 Å². The van der Waals surface area contributed by atoms with Crippen LogP contribution < -0.4 is 4.74 Å². The van der Waals surface area contributed by atoms with Gasteiger partial charge in [-0.25, -0.2) is 9.78 Å². The highest BCUT2D eigenvalue weighted by Gasteiger charge is 2.18. The molecule has 0 bridgehead atoms. The van der Waals surface area contributed by atoms with Gasteiger partial charge in [-0.3, -0.25) is 0 Å². The third-order valence-electron chi connectivity index (χ3n) is 5.00. The van der Waals surface area contributed by atoms with Crippen LogP contribution in [0.4, 0.5) is 0 Å². The van der Waals surface area contributed by atoms with E-state index in [9.17, 15) is 9.90 Å². The molecule has 0 radical (unpaired) electrons. The molecule has 0 fully saturated rings. The van der Waals surface area contributed by atoms with Crippen molar-refractivity contribution in [3.05, 3.63) is 94.5 Å². The van der Waals surface area contributed by atoms with Crippen LogP contribution in [0.2, 0.25) is 0 Å². The van der Waals surface area contributed by atoms with E-state index in [2.05, 4.69) is 15.2 Å². The second-order valence-corrected chi connectivity index (χ2v) is 7.47. The lowest BCUT2D eigenvalue weighted by molar-refractivity contribution is 0.0688. The van der Waals surface area contributed by atoms with E-state index in [0.29, 0.717) is 37.6 Å². The van der Waals surface area contributed by atoms with Crippen molar-refractivity contribution in [1.29, 1.82) is 0 Å². The van der Waals surface area contributed by atoms with Crippen molar-refractivity contribution in [2.24, 2.45) is 0 Å². The lowest BCUT2D eigenvalue weighted by atomic mass is 10.1. The number of oxazole rings is 1. The fourth-order valence-corrected chi connectivity index (χ4v) is 3.45. The van der Waals surface area contributed by atoms with E-state index < -0.39 is 5.97 Å². The monoisotopic (exact) mass is 432 g/mol. The number of aryl methyl sites for hydroxylation is 2. The minimum atomic E-state index is -1.09. The zero-order valence-corrected chi connectivity index (χ0v) is 18.0. The SMILES string of the molecule is Cc1nc(CCOc2ccc(Cc3nn(Cc4ccccc4)nc3C(=O)O)cc2)c(C)o1. The number of nitrogens with zero attached hydrogens (tertiary/aromatic N) is 4. The van der Waals surface area contributed by atoms with Gasteiger partial charge in [-0.1, -0.05) is 42.5 Å². The van der Waals surface area contributed by atoms with Crippen LogP contribution in [0.15, 0.2) is 59.0 Å². The van der Waals surface area contributed by atoms with E-state index in [0.717, 1.165) is 28.3 Å². The van der Waals surface area contributed by atoms with Gasteiger partial charge in [0.05, 0.1) is 18.8 Å². The van der Waals surface area contributed by atoms with Crippen molar-refractivity contribution < 1.29 is 19.1 Å². The first-order chi connectivity index (χ1) is 15.5. The van der Waals surface area contributed by atoms with Gasteiger partial charge < -0.3 is 14.3 Å². The van der Waals surface area contributed by atoms with E-state index in [4.69, 9.17) is 9.15 Å². The van der Waals surface area contributed by atoms with Crippen LogP contribution in [-0.2, 0) is 19.4 Å². The number of hydrogen-bond donors (Lipinski definition) is 1. The number of aromatic nitrogens is 4. The maximum absolute atomic E-state index is 11.6. The van der Waals surface area contributed by atoms with Gasteiger partial charge in [0, 0.05) is 19.8 Å². The first-order valence-electron chi connectivity index (χ1n) is 10.3. The van der Waals surface area contributed by atoms with Crippen molar-refractivity contribution in [2.45, 2.75) is 33.2 Å². The Balaban J connectivity index is 1.39. The number of benzene rings is 2. The average Bonchev–Trinajstić information content (AvgIpc) is 3.32. The van der Waals surface area contributed by atoms with E-state index in [-0.39, 0.29) is 5.69 Å². The molecule has 8 heteroatoms. The van der Waals surface area contributed by atoms with Gasteiger partial charge in [-0.2, -0.15) is 9.90 Å². The first kappa shape index (κ1) is 21.3. The molecule has 0 unspecified atom stereocenters. The summed E-state index contributed by atoms with van der Waals surface area (Å²) in [6.07, 6.45) is 1.03. The highest BCUT2D eigenvalue weighted by Crippen LogP contribution is 2.17. The van der Waals surface area contributed by atoms with Gasteiger partial charge >= 0.3 is 5.97 Å². The highest BCUT2D eigenvalue weighted by atomic mass is 16.5. The molecule has 8 nitrogen and oxygen atoms in total. The third-order valence-corrected chi connectivity index (χ3v) is 5.00. The summed E-state index contributed by atoms with van der Waals surface area (Å²) >= 11 is 0. The van der Waals surface area contributed by atoms with Crippen LogP contribution in [-0.4, -0.2) is 37.7 Å². The van der Waals surface area contributed by atoms with Crippen LogP contribution in [0.5, 0.6) is 5.75 Å². The first-order valence-corrected chi connectivity index (χ1v) is 10.3. The van der Waals surface area contributed by atoms with Gasteiger partial charge in [-0.05, 0) is 30.2 Å². The molecule has 0 atom stereocenters. The molecule has 0 aliphatic rings. The maximum Gasteiger partial charge on any atom is 0.358 e. The van der Waals surface area contributed by atoms with Gasteiger partial charge in [0.15, 0.2) is 11.6 Å². The smallest absolute Gasteiger partial charge is 0.358 e. The Hall–Kier alpha value is -3.94. The van der Waals surface area contributed by atoms with Crippen molar-refractivity contribution in [3.8, 4) is 5.75 Å². The molecule has 4 rings (SSSR count). The summed E-state index contributed by atoms with van der Waals surface area (Å²) < 4.78 is 11.2. The molecule has 0 saturated heterocycles. The minimum absolute atomic E-state index is 0.0282. The number of rotatable bonds is 9. The number of ether oxygens (including phenoxy) is 1. The summed E-state index contributed by atoms with van der Waals surface area (Å²) in [5.74, 6) is 1.12. The molecular weight excluding hydrogens is 408 g/mol. The minimum Gasteiger partial charge on any atom is -0.493 e. The maximum atomic E-state index is 11.6. The second-order valence-electron chi connectivity index (χ2n) is 7.47. The zero-order valence-electron chi connectivity index (χ0n) is 18.0. The summed E-state index contributed by atoms with van der Waals surface area (Å²) in [6.45, 7) is 4.62. The largest absolute Gasteiger partial charge is 0.493 e. The Morgan fingerprint density at radius 2 is 1.75 bits per heavy atom. The summed E-state index contributed by atoms with van der Waals surface area (Å²) in [4.78, 5) is 17.4. The predicted molar refractivity (Wildman–Crippen MR) is 117 cm³/mol. The van der Waals surface area contributed by atoms with Crippen molar-refractivity contribution in [1.82, 2.24) is 20.0 Å². The third kappa shape index (κ3) is 5.21. The Bertz CT molecular complexity index is 1200. The fourth-order valence-electron chi connectivity index (χ4n) is 3.45. The Labute approximate surface area is 185 Å². The molecule has 1 N–H and O–H groups in total. The summed E-state index contributed by atoms with van der Waals surface area (Å²) in [5.41, 5.74) is 3.23. The van der Waals surface area contributed by atoms with Crippen LogP contribution in [0.1, 0.15) is 44.7 Å². The Morgan fingerprint density at radius 3 is 2.41 bits per heavy atom. The quantitative estimate of drug-likeness (QED) is 0.428. The molecule has 2 heterocycles. The number of carbonyl (C=O) groups is 1. The predicted octanol–water partition coefficient (Wildman–Crippen LogP) is 3.84. The molecule has 2 aromatic heterocycles. The molecule has 0 spiro atoms. The molecule has 0 saturated carbocycles. The average molecular weight is 432 g/mol. The zero-order chi connectivity index (χ0) is 22.5. The van der Waals surface area contributed by atoms with E-state index >= 15 is 0 Å². The van der Waals surface area contributed by atoms with Gasteiger partial charge in [0.1, 0.15) is 17.2 Å². The standard InChI is InChI=1S/C24H24N4O4/c1-16-21(25-17(2)32-16)12-13-31-20-10-8-18(9-11-20)14-22-23(24(29)30)27-28(26-22)15-19-6-4-3-5-7-19/h3-11H,12-15H2,1-2H3,(H,29,30). The Morgan fingerprint density at radius 1 is 1.00 bits per heavy atom. The van der Waals surface area contributed by atoms with E-state index in [1.54, 1.807) is 0 Å². The summed E-state index contributed by atoms with van der Waals surface area (Å²) in [7, 11) is 0. The summed E-state index contributed by atoms with van der Waals surface area (Å²) in [6, 6.07) is 17.2. The number of aromatic carboxylic acids is 1. The molecule has 0 aliphatic carbocycles. The Kier molecular flexibility index (Phi) is 6.30. The van der Waals surface area contributed by atoms with Crippen molar-refractivity contribution >= 4 is 5.97 Å². The van der Waals surface area contributed by atoms with Crippen LogP contribution in [0, 0.1) is 13.8 Å². The normalized spacial score (nSPS) is 10.9. The lowest BCUT2D eigenvalue weighted by Gasteiger charge is -2.06. The van der Waals surface area contributed by atoms with E-state index in [1.807, 2.05) is 68.4 Å². The second kappa shape index (κ2) is 9.47. The van der Waals surface area contributed by atoms with E-state index in [1.165, 1.54) is 4.80 Å². The van der Waals surface area contributed by atoms with Gasteiger partial charge in [-0.15, -0.1) is 5.10 Å². The molecule has 0 aliphatic heterocycles. The molecular formula is C24H24N4O4. The van der Waals surface area contributed by atoms with Crippen molar-refractivity contribution in [2.75, 3.05) is 6.61 Å². The lowest BCUT2D eigenvalue weighted by Crippen LogP contribution is -2.05. The highest BCUT2D eigenvalue weighted by molar-refractivity contribution is 5.86. The molecule has 2 aromatic carbocycles. The van der Waals surface area contributed by atoms with Crippen LogP contribution >= 0.6 is 0 Å². The van der Waals surface area contributed by atoms with Crippen molar-refractivity contribution in [3.63, 3.8) is 0 Å². The fraction of sp³-hybridized carbons (Fsp3) is 0.250. The molecule has 32 heavy (non-hydrogen) atoms. The number of hydrogen-bond acceptors (Lipinski definition) is 6. The molecule has 164 valence electrons. The summed E-state index contributed by atoms with van der Waals surface area (Å²) in [5, 5.41) is 18.1. The molecule has 0 amide bonds. The number of carboxylic acids is 1.